The summed E-state index contributed by atoms with van der Waals surface area (Å²) >= 11 is 5.21. The van der Waals surface area contributed by atoms with Gasteiger partial charge in [0.05, 0.1) is 0 Å². The first-order chi connectivity index (χ1) is 14.1. The fraction of sp³-hybridized carbons (Fsp3) is 0.167. The number of rotatable bonds is 7. The van der Waals surface area contributed by atoms with Gasteiger partial charge >= 0.3 is 0 Å². The monoisotopic (exact) mass is 404 g/mol. The Bertz CT molecular complexity index is 976. The lowest BCUT2D eigenvalue weighted by Crippen LogP contribution is -2.32. The summed E-state index contributed by atoms with van der Waals surface area (Å²) in [5, 5.41) is 5.92. The van der Waals surface area contributed by atoms with Gasteiger partial charge in [-0.05, 0) is 61.0 Å². The summed E-state index contributed by atoms with van der Waals surface area (Å²) in [5.41, 5.74) is 3.13. The third kappa shape index (κ3) is 6.43. The molecule has 2 aromatic carbocycles. The highest BCUT2D eigenvalue weighted by atomic mass is 32.1. The Labute approximate surface area is 176 Å². The van der Waals surface area contributed by atoms with Crippen LogP contribution < -0.4 is 10.6 Å². The SMILES string of the molecule is CCCCc1ccc(NC(=S)NC(=O)/C=C/c2ccc(-c3ccccc3)o2)cc1. The molecule has 3 rings (SSSR count). The molecule has 0 atom stereocenters. The van der Waals surface area contributed by atoms with Gasteiger partial charge in [-0.3, -0.25) is 10.1 Å². The summed E-state index contributed by atoms with van der Waals surface area (Å²) in [6.45, 7) is 2.18. The number of carbonyl (C=O) groups is 1. The molecule has 1 aromatic heterocycles. The van der Waals surface area contributed by atoms with Crippen LogP contribution in [0, 0.1) is 0 Å². The van der Waals surface area contributed by atoms with Gasteiger partial charge in [0.1, 0.15) is 11.5 Å². The van der Waals surface area contributed by atoms with Gasteiger partial charge in [0.25, 0.3) is 0 Å². The summed E-state index contributed by atoms with van der Waals surface area (Å²) in [7, 11) is 0. The first kappa shape index (κ1) is 20.6. The van der Waals surface area contributed by atoms with Gasteiger partial charge in [0.2, 0.25) is 5.91 Å². The van der Waals surface area contributed by atoms with E-state index in [1.807, 2.05) is 54.6 Å². The average Bonchev–Trinajstić information content (AvgIpc) is 3.21. The Kier molecular flexibility index (Phi) is 7.36. The van der Waals surface area contributed by atoms with E-state index in [1.165, 1.54) is 24.5 Å². The van der Waals surface area contributed by atoms with Gasteiger partial charge in [-0.25, -0.2) is 0 Å². The van der Waals surface area contributed by atoms with Gasteiger partial charge in [-0.1, -0.05) is 55.8 Å². The van der Waals surface area contributed by atoms with Crippen LogP contribution in [0.2, 0.25) is 0 Å². The molecular formula is C24H24N2O2S. The number of hydrogen-bond acceptors (Lipinski definition) is 3. The minimum Gasteiger partial charge on any atom is -0.457 e. The molecule has 0 spiro atoms. The number of benzene rings is 2. The van der Waals surface area contributed by atoms with Crippen LogP contribution in [-0.2, 0) is 11.2 Å². The number of amides is 1. The van der Waals surface area contributed by atoms with Crippen molar-refractivity contribution in [2.45, 2.75) is 26.2 Å². The highest BCUT2D eigenvalue weighted by Gasteiger charge is 2.04. The lowest BCUT2D eigenvalue weighted by atomic mass is 10.1. The Balaban J connectivity index is 1.50. The number of anilines is 1. The highest BCUT2D eigenvalue weighted by Crippen LogP contribution is 2.22. The van der Waals surface area contributed by atoms with Gasteiger partial charge < -0.3 is 9.73 Å². The Morgan fingerprint density at radius 1 is 1.03 bits per heavy atom. The molecule has 0 radical (unpaired) electrons. The average molecular weight is 405 g/mol. The van der Waals surface area contributed by atoms with Crippen molar-refractivity contribution in [3.05, 3.63) is 84.1 Å². The minimum atomic E-state index is -0.320. The van der Waals surface area contributed by atoms with Crippen molar-refractivity contribution in [2.24, 2.45) is 0 Å². The zero-order valence-electron chi connectivity index (χ0n) is 16.4. The molecule has 3 aromatic rings. The summed E-state index contributed by atoms with van der Waals surface area (Å²) in [4.78, 5) is 12.1. The normalized spacial score (nSPS) is 10.8. The molecule has 0 saturated carbocycles. The third-order valence-corrected chi connectivity index (χ3v) is 4.56. The van der Waals surface area contributed by atoms with E-state index in [1.54, 1.807) is 6.08 Å². The molecule has 0 unspecified atom stereocenters. The zero-order valence-corrected chi connectivity index (χ0v) is 17.2. The van der Waals surface area contributed by atoms with Crippen LogP contribution in [0.3, 0.4) is 0 Å². The van der Waals surface area contributed by atoms with Crippen LogP contribution >= 0.6 is 12.2 Å². The van der Waals surface area contributed by atoms with E-state index >= 15 is 0 Å². The number of unbranched alkanes of at least 4 members (excludes halogenated alkanes) is 1. The molecule has 0 aliphatic heterocycles. The summed E-state index contributed by atoms with van der Waals surface area (Å²) in [5.74, 6) is 1.03. The maximum Gasteiger partial charge on any atom is 0.250 e. The summed E-state index contributed by atoms with van der Waals surface area (Å²) < 4.78 is 5.74. The Hall–Kier alpha value is -3.18. The standard InChI is InChI=1S/C24H24N2O2S/c1-2-3-7-18-10-12-20(13-11-18)25-24(29)26-23(27)17-15-21-14-16-22(28-21)19-8-5-4-6-9-19/h4-6,8-17H,2-3,7H2,1H3,(H2,25,26,27,29)/b17-15+. The van der Waals surface area contributed by atoms with Crippen molar-refractivity contribution < 1.29 is 9.21 Å². The minimum absolute atomic E-state index is 0.255. The molecule has 4 nitrogen and oxygen atoms in total. The molecule has 29 heavy (non-hydrogen) atoms. The van der Waals surface area contributed by atoms with Crippen molar-refractivity contribution in [1.82, 2.24) is 5.32 Å². The zero-order chi connectivity index (χ0) is 20.5. The van der Waals surface area contributed by atoms with E-state index in [9.17, 15) is 4.79 Å². The van der Waals surface area contributed by atoms with Gasteiger partial charge in [0, 0.05) is 17.3 Å². The van der Waals surface area contributed by atoms with Crippen LogP contribution in [-0.4, -0.2) is 11.0 Å². The van der Waals surface area contributed by atoms with Crippen LogP contribution in [0.1, 0.15) is 31.1 Å². The maximum atomic E-state index is 12.1. The van der Waals surface area contributed by atoms with E-state index in [0.29, 0.717) is 5.76 Å². The predicted molar refractivity (Wildman–Crippen MR) is 123 cm³/mol. The molecule has 1 amide bonds. The highest BCUT2D eigenvalue weighted by molar-refractivity contribution is 7.80. The van der Waals surface area contributed by atoms with Gasteiger partial charge in [-0.2, -0.15) is 0 Å². The summed E-state index contributed by atoms with van der Waals surface area (Å²) in [6.07, 6.45) is 6.44. The lowest BCUT2D eigenvalue weighted by Gasteiger charge is -2.09. The number of aryl methyl sites for hydroxylation is 1. The molecule has 1 heterocycles. The molecule has 0 fully saturated rings. The second kappa shape index (κ2) is 10.4. The maximum absolute atomic E-state index is 12.1. The molecule has 0 aliphatic rings. The number of furan rings is 1. The number of hydrogen-bond donors (Lipinski definition) is 2. The van der Waals surface area contributed by atoms with E-state index in [4.69, 9.17) is 16.6 Å². The first-order valence-electron chi connectivity index (χ1n) is 9.68. The molecule has 5 heteroatoms. The van der Waals surface area contributed by atoms with Crippen molar-refractivity contribution in [1.29, 1.82) is 0 Å². The van der Waals surface area contributed by atoms with Crippen molar-refractivity contribution >= 4 is 35.0 Å². The number of nitrogens with one attached hydrogen (secondary N) is 2. The number of thiocarbonyl (C=S) groups is 1. The Morgan fingerprint density at radius 3 is 2.52 bits per heavy atom. The second-order valence-corrected chi connectivity index (χ2v) is 7.05. The van der Waals surface area contributed by atoms with E-state index in [2.05, 4.69) is 29.7 Å². The van der Waals surface area contributed by atoms with Crippen molar-refractivity contribution in [3.63, 3.8) is 0 Å². The molecular weight excluding hydrogens is 380 g/mol. The first-order valence-corrected chi connectivity index (χ1v) is 10.1. The van der Waals surface area contributed by atoms with Gasteiger partial charge in [-0.15, -0.1) is 0 Å². The molecule has 0 saturated heterocycles. The topological polar surface area (TPSA) is 54.3 Å². The quantitative estimate of drug-likeness (QED) is 0.385. The van der Waals surface area contributed by atoms with Crippen molar-refractivity contribution in [3.8, 4) is 11.3 Å². The van der Waals surface area contributed by atoms with Crippen LogP contribution in [0.5, 0.6) is 0 Å². The lowest BCUT2D eigenvalue weighted by molar-refractivity contribution is -0.115. The van der Waals surface area contributed by atoms with Gasteiger partial charge in [0.15, 0.2) is 5.11 Å². The predicted octanol–water partition coefficient (Wildman–Crippen LogP) is 5.82. The van der Waals surface area contributed by atoms with E-state index in [-0.39, 0.29) is 11.0 Å². The van der Waals surface area contributed by atoms with E-state index < -0.39 is 0 Å². The molecule has 148 valence electrons. The fourth-order valence-electron chi connectivity index (χ4n) is 2.81. The molecule has 0 bridgehead atoms. The van der Waals surface area contributed by atoms with Crippen molar-refractivity contribution in [2.75, 3.05) is 5.32 Å². The number of carbonyl (C=O) groups excluding carboxylic acids is 1. The molecule has 2 N–H and O–H groups in total. The smallest absolute Gasteiger partial charge is 0.250 e. The Morgan fingerprint density at radius 2 is 1.79 bits per heavy atom. The second-order valence-electron chi connectivity index (χ2n) is 6.65. The molecule has 0 aliphatic carbocycles. The van der Waals surface area contributed by atoms with Crippen LogP contribution in [0.15, 0.2) is 77.2 Å². The van der Waals surface area contributed by atoms with Crippen LogP contribution in [0.25, 0.3) is 17.4 Å². The summed E-state index contributed by atoms with van der Waals surface area (Å²) in [6, 6.07) is 21.6. The fourth-order valence-corrected chi connectivity index (χ4v) is 3.03. The third-order valence-electron chi connectivity index (χ3n) is 4.35. The van der Waals surface area contributed by atoms with Crippen LogP contribution in [0.4, 0.5) is 5.69 Å². The van der Waals surface area contributed by atoms with E-state index in [0.717, 1.165) is 23.4 Å². The largest absolute Gasteiger partial charge is 0.457 e.